The van der Waals surface area contributed by atoms with Gasteiger partial charge in [0.15, 0.2) is 0 Å². The molecule has 3 N–H and O–H groups in total. The van der Waals surface area contributed by atoms with E-state index in [1.54, 1.807) is 0 Å². The third-order valence-corrected chi connectivity index (χ3v) is 4.44. The molecule has 2 aromatic carbocycles. The van der Waals surface area contributed by atoms with E-state index in [-0.39, 0.29) is 12.5 Å². The number of hydrogen-bond acceptors (Lipinski definition) is 2. The van der Waals surface area contributed by atoms with Gasteiger partial charge in [0.05, 0.1) is 6.54 Å². The van der Waals surface area contributed by atoms with E-state index >= 15 is 0 Å². The highest BCUT2D eigenvalue weighted by molar-refractivity contribution is 5.83. The summed E-state index contributed by atoms with van der Waals surface area (Å²) in [5, 5.41) is 7.41. The Balaban J connectivity index is 1.48. The van der Waals surface area contributed by atoms with Crippen LogP contribution in [0.4, 0.5) is 5.69 Å². The zero-order valence-electron chi connectivity index (χ0n) is 14.1. The quantitative estimate of drug-likeness (QED) is 0.650. The van der Waals surface area contributed by atoms with Crippen LogP contribution in [-0.4, -0.2) is 24.0 Å². The Bertz CT molecular complexity index is 851. The summed E-state index contributed by atoms with van der Waals surface area (Å²) in [7, 11) is 0. The van der Waals surface area contributed by atoms with Gasteiger partial charge < -0.3 is 15.6 Å². The van der Waals surface area contributed by atoms with E-state index in [0.29, 0.717) is 6.54 Å². The lowest BCUT2D eigenvalue weighted by atomic mass is 10.1. The van der Waals surface area contributed by atoms with Crippen LogP contribution in [0.5, 0.6) is 0 Å². The van der Waals surface area contributed by atoms with Crippen LogP contribution in [0.1, 0.15) is 16.7 Å². The summed E-state index contributed by atoms with van der Waals surface area (Å²) in [5.41, 5.74) is 5.79. The Morgan fingerprint density at radius 1 is 1.08 bits per heavy atom. The molecule has 0 aliphatic rings. The fourth-order valence-electron chi connectivity index (χ4n) is 2.86. The number of amides is 1. The van der Waals surface area contributed by atoms with Crippen molar-refractivity contribution in [2.24, 2.45) is 0 Å². The fourth-order valence-corrected chi connectivity index (χ4v) is 2.86. The van der Waals surface area contributed by atoms with E-state index in [2.05, 4.69) is 47.7 Å². The van der Waals surface area contributed by atoms with Crippen LogP contribution < -0.4 is 10.6 Å². The van der Waals surface area contributed by atoms with Crippen LogP contribution in [0.3, 0.4) is 0 Å². The number of anilines is 1. The molecular weight excluding hydrogens is 298 g/mol. The summed E-state index contributed by atoms with van der Waals surface area (Å²) in [6, 6.07) is 14.3. The Kier molecular flexibility index (Phi) is 4.85. The molecule has 3 rings (SSSR count). The van der Waals surface area contributed by atoms with Crippen molar-refractivity contribution >= 4 is 22.5 Å². The number of aromatic nitrogens is 1. The molecular formula is C20H23N3O. The maximum atomic E-state index is 12.0. The maximum Gasteiger partial charge on any atom is 0.239 e. The number of para-hydroxylation sites is 1. The minimum absolute atomic E-state index is 0.00995. The van der Waals surface area contributed by atoms with Crippen molar-refractivity contribution in [3.63, 3.8) is 0 Å². The number of hydrogen-bond donors (Lipinski definition) is 3. The molecule has 4 heteroatoms. The molecule has 4 nitrogen and oxygen atoms in total. The van der Waals surface area contributed by atoms with Crippen LogP contribution in [0, 0.1) is 13.8 Å². The largest absolute Gasteiger partial charge is 0.376 e. The van der Waals surface area contributed by atoms with Gasteiger partial charge in [-0.1, -0.05) is 30.3 Å². The van der Waals surface area contributed by atoms with E-state index < -0.39 is 0 Å². The number of benzene rings is 2. The summed E-state index contributed by atoms with van der Waals surface area (Å²) >= 11 is 0. The minimum atomic E-state index is 0.00995. The average molecular weight is 321 g/mol. The highest BCUT2D eigenvalue weighted by Gasteiger charge is 2.06. The molecule has 124 valence electrons. The highest BCUT2D eigenvalue weighted by atomic mass is 16.1. The van der Waals surface area contributed by atoms with E-state index in [9.17, 15) is 4.79 Å². The Hall–Kier alpha value is -2.75. The Morgan fingerprint density at radius 3 is 2.79 bits per heavy atom. The second kappa shape index (κ2) is 7.21. The number of carbonyl (C=O) groups is 1. The van der Waals surface area contributed by atoms with Gasteiger partial charge in [-0.15, -0.1) is 0 Å². The number of aryl methyl sites for hydroxylation is 1. The van der Waals surface area contributed by atoms with E-state index in [1.807, 2.05) is 30.5 Å². The summed E-state index contributed by atoms with van der Waals surface area (Å²) in [4.78, 5) is 15.3. The standard InChI is InChI=1S/C20H23N3O/c1-14-6-5-9-18(15(14)2)23-13-20(24)21-11-10-16-12-22-19-8-4-3-7-17(16)19/h3-9,12,22-23H,10-11,13H2,1-2H3,(H,21,24). The van der Waals surface area contributed by atoms with Crippen LogP contribution in [0.25, 0.3) is 10.9 Å². The first-order valence-electron chi connectivity index (χ1n) is 8.27. The number of nitrogens with one attached hydrogen (secondary N) is 3. The second-order valence-electron chi connectivity index (χ2n) is 6.06. The summed E-state index contributed by atoms with van der Waals surface area (Å²) in [6.07, 6.45) is 2.84. The van der Waals surface area contributed by atoms with Gasteiger partial charge in [0, 0.05) is 29.3 Å². The predicted octanol–water partition coefficient (Wildman–Crippen LogP) is 3.56. The lowest BCUT2D eigenvalue weighted by molar-refractivity contribution is -0.119. The fraction of sp³-hybridized carbons (Fsp3) is 0.250. The van der Waals surface area contributed by atoms with Crippen LogP contribution in [0.2, 0.25) is 0 Å². The molecule has 0 saturated heterocycles. The van der Waals surface area contributed by atoms with E-state index in [0.717, 1.165) is 17.6 Å². The average Bonchev–Trinajstić information content (AvgIpc) is 3.00. The van der Waals surface area contributed by atoms with Gasteiger partial charge in [-0.2, -0.15) is 0 Å². The Labute approximate surface area is 142 Å². The second-order valence-corrected chi connectivity index (χ2v) is 6.06. The molecule has 1 amide bonds. The normalized spacial score (nSPS) is 10.8. The van der Waals surface area contributed by atoms with Crippen molar-refractivity contribution in [1.82, 2.24) is 10.3 Å². The SMILES string of the molecule is Cc1cccc(NCC(=O)NCCc2c[nH]c3ccccc23)c1C. The topological polar surface area (TPSA) is 56.9 Å². The van der Waals surface area contributed by atoms with E-state index in [1.165, 1.54) is 22.1 Å². The van der Waals surface area contributed by atoms with Crippen molar-refractivity contribution in [2.45, 2.75) is 20.3 Å². The van der Waals surface area contributed by atoms with Gasteiger partial charge in [-0.05, 0) is 49.1 Å². The van der Waals surface area contributed by atoms with Crippen molar-refractivity contribution in [1.29, 1.82) is 0 Å². The molecule has 24 heavy (non-hydrogen) atoms. The zero-order chi connectivity index (χ0) is 16.9. The smallest absolute Gasteiger partial charge is 0.239 e. The number of carbonyl (C=O) groups excluding carboxylic acids is 1. The first kappa shape index (κ1) is 16.1. The lowest BCUT2D eigenvalue weighted by Gasteiger charge is -2.11. The molecule has 0 radical (unpaired) electrons. The summed E-state index contributed by atoms with van der Waals surface area (Å²) < 4.78 is 0. The summed E-state index contributed by atoms with van der Waals surface area (Å²) in [5.74, 6) is 0.00995. The third-order valence-electron chi connectivity index (χ3n) is 4.44. The molecule has 3 aromatic rings. The zero-order valence-corrected chi connectivity index (χ0v) is 14.1. The first-order chi connectivity index (χ1) is 11.6. The number of aromatic amines is 1. The summed E-state index contributed by atoms with van der Waals surface area (Å²) in [6.45, 7) is 5.06. The number of fused-ring (bicyclic) bond motifs is 1. The van der Waals surface area contributed by atoms with Gasteiger partial charge in [0.25, 0.3) is 0 Å². The van der Waals surface area contributed by atoms with Gasteiger partial charge in [0.2, 0.25) is 5.91 Å². The molecule has 0 unspecified atom stereocenters. The van der Waals surface area contributed by atoms with Crippen molar-refractivity contribution in [2.75, 3.05) is 18.4 Å². The third kappa shape index (κ3) is 3.59. The van der Waals surface area contributed by atoms with Gasteiger partial charge in [-0.3, -0.25) is 4.79 Å². The predicted molar refractivity (Wildman–Crippen MR) is 99.4 cm³/mol. The molecule has 0 atom stereocenters. The minimum Gasteiger partial charge on any atom is -0.376 e. The molecule has 1 aromatic heterocycles. The lowest BCUT2D eigenvalue weighted by Crippen LogP contribution is -2.31. The van der Waals surface area contributed by atoms with Gasteiger partial charge in [-0.25, -0.2) is 0 Å². The van der Waals surface area contributed by atoms with Crippen molar-refractivity contribution in [3.05, 3.63) is 65.4 Å². The number of H-pyrrole nitrogens is 1. The molecule has 0 fully saturated rings. The molecule has 0 bridgehead atoms. The number of rotatable bonds is 6. The highest BCUT2D eigenvalue weighted by Crippen LogP contribution is 2.18. The maximum absolute atomic E-state index is 12.0. The first-order valence-corrected chi connectivity index (χ1v) is 8.27. The Morgan fingerprint density at radius 2 is 1.92 bits per heavy atom. The van der Waals surface area contributed by atoms with Crippen LogP contribution in [0.15, 0.2) is 48.7 Å². The molecule has 0 aliphatic carbocycles. The van der Waals surface area contributed by atoms with Crippen molar-refractivity contribution < 1.29 is 4.79 Å². The van der Waals surface area contributed by atoms with Crippen LogP contribution in [-0.2, 0) is 11.2 Å². The molecule has 0 saturated carbocycles. The van der Waals surface area contributed by atoms with Gasteiger partial charge >= 0.3 is 0 Å². The van der Waals surface area contributed by atoms with Crippen LogP contribution >= 0.6 is 0 Å². The monoisotopic (exact) mass is 321 g/mol. The molecule has 0 spiro atoms. The molecule has 1 heterocycles. The van der Waals surface area contributed by atoms with E-state index in [4.69, 9.17) is 0 Å². The van der Waals surface area contributed by atoms with Gasteiger partial charge in [0.1, 0.15) is 0 Å². The molecule has 0 aliphatic heterocycles. The van der Waals surface area contributed by atoms with Crippen molar-refractivity contribution in [3.8, 4) is 0 Å².